The molecule has 0 radical (unpaired) electrons. The molecule has 5 nitrogen and oxygen atoms in total. The lowest BCUT2D eigenvalue weighted by molar-refractivity contribution is -0.387. The lowest BCUT2D eigenvalue weighted by Crippen LogP contribution is -1.92. The highest BCUT2D eigenvalue weighted by atomic mass is 32.1. The fourth-order valence-electron chi connectivity index (χ4n) is 1.94. The van der Waals surface area contributed by atoms with Gasteiger partial charge in [0, 0.05) is 17.7 Å². The maximum atomic E-state index is 13.4. The third-order valence-corrected chi connectivity index (χ3v) is 4.07. The van der Waals surface area contributed by atoms with Gasteiger partial charge in [0.05, 0.1) is 22.2 Å². The van der Waals surface area contributed by atoms with E-state index in [0.29, 0.717) is 16.3 Å². The number of aromatic nitrogens is 1. The molecule has 1 aromatic heterocycles. The van der Waals surface area contributed by atoms with Gasteiger partial charge < -0.3 is 4.74 Å². The first-order valence-corrected chi connectivity index (χ1v) is 6.79. The van der Waals surface area contributed by atoms with E-state index in [1.165, 1.54) is 23.5 Å². The number of halogens is 1. The van der Waals surface area contributed by atoms with E-state index >= 15 is 0 Å². The second-order valence-corrected chi connectivity index (χ2v) is 5.31. The number of fused-ring (bicyclic) bond motifs is 1. The molecule has 0 unspecified atom stereocenters. The highest BCUT2D eigenvalue weighted by Gasteiger charge is 2.16. The van der Waals surface area contributed by atoms with Crippen LogP contribution in [0.5, 0.6) is 5.75 Å². The third kappa shape index (κ3) is 2.43. The average molecular weight is 304 g/mol. The predicted octanol–water partition coefficient (Wildman–Crippen LogP) is 4.02. The van der Waals surface area contributed by atoms with Crippen LogP contribution in [0.2, 0.25) is 0 Å². The maximum Gasteiger partial charge on any atom is 0.305 e. The first-order valence-electron chi connectivity index (χ1n) is 5.97. The molecule has 0 atom stereocenters. The molecule has 0 fully saturated rings. The first-order chi connectivity index (χ1) is 10.1. The van der Waals surface area contributed by atoms with Crippen molar-refractivity contribution in [2.45, 2.75) is 0 Å². The van der Waals surface area contributed by atoms with Gasteiger partial charge in [-0.05, 0) is 24.3 Å². The minimum absolute atomic E-state index is 0.517. The molecule has 106 valence electrons. The van der Waals surface area contributed by atoms with Gasteiger partial charge in [-0.1, -0.05) is 0 Å². The summed E-state index contributed by atoms with van der Waals surface area (Å²) in [6.07, 6.45) is 0. The summed E-state index contributed by atoms with van der Waals surface area (Å²) in [6, 6.07) is 9.24. The number of nitro groups is 1. The zero-order valence-electron chi connectivity index (χ0n) is 10.9. The van der Waals surface area contributed by atoms with Crippen LogP contribution in [-0.2, 0) is 0 Å². The Hall–Kier alpha value is -2.54. The minimum atomic E-state index is -0.855. The number of nitrogens with zero attached hydrogens (tertiary/aromatic N) is 2. The molecule has 0 amide bonds. The summed E-state index contributed by atoms with van der Waals surface area (Å²) >= 11 is 1.38. The molecule has 21 heavy (non-hydrogen) atoms. The van der Waals surface area contributed by atoms with Crippen molar-refractivity contribution < 1.29 is 14.1 Å². The SMILES string of the molecule is COc1ccc2sc(-c3ccc(F)c([N+](=O)[O-])c3)nc2c1. The molecule has 0 aliphatic rings. The van der Waals surface area contributed by atoms with Crippen molar-refractivity contribution in [3.8, 4) is 16.3 Å². The minimum Gasteiger partial charge on any atom is -0.497 e. The summed E-state index contributed by atoms with van der Waals surface area (Å²) in [4.78, 5) is 14.5. The summed E-state index contributed by atoms with van der Waals surface area (Å²) in [6.45, 7) is 0. The molecule has 0 aliphatic carbocycles. The average Bonchev–Trinajstić information content (AvgIpc) is 2.90. The Labute approximate surface area is 122 Å². The fourth-order valence-corrected chi connectivity index (χ4v) is 2.89. The molecule has 0 saturated heterocycles. The molecular formula is C14H9FN2O3S. The number of ether oxygens (including phenoxy) is 1. The monoisotopic (exact) mass is 304 g/mol. The second kappa shape index (κ2) is 5.10. The molecule has 3 rings (SSSR count). The van der Waals surface area contributed by atoms with Crippen molar-refractivity contribution in [3.05, 3.63) is 52.3 Å². The van der Waals surface area contributed by atoms with Crippen molar-refractivity contribution in [1.82, 2.24) is 4.98 Å². The zero-order chi connectivity index (χ0) is 15.0. The summed E-state index contributed by atoms with van der Waals surface area (Å²) in [7, 11) is 1.57. The number of rotatable bonds is 3. The maximum absolute atomic E-state index is 13.4. The van der Waals surface area contributed by atoms with E-state index < -0.39 is 16.4 Å². The predicted molar refractivity (Wildman–Crippen MR) is 78.2 cm³/mol. The smallest absolute Gasteiger partial charge is 0.305 e. The fraction of sp³-hybridized carbons (Fsp3) is 0.0714. The molecule has 2 aromatic carbocycles. The van der Waals surface area contributed by atoms with E-state index in [0.717, 1.165) is 16.3 Å². The van der Waals surface area contributed by atoms with E-state index in [-0.39, 0.29) is 0 Å². The Kier molecular flexibility index (Phi) is 3.26. The number of methoxy groups -OCH3 is 1. The van der Waals surface area contributed by atoms with E-state index in [2.05, 4.69) is 4.98 Å². The summed E-state index contributed by atoms with van der Waals surface area (Å²) in [5, 5.41) is 11.4. The molecule has 0 saturated carbocycles. The van der Waals surface area contributed by atoms with Crippen LogP contribution in [-0.4, -0.2) is 17.0 Å². The number of benzene rings is 2. The van der Waals surface area contributed by atoms with Crippen molar-refractivity contribution in [1.29, 1.82) is 0 Å². The normalized spacial score (nSPS) is 10.8. The van der Waals surface area contributed by atoms with Crippen LogP contribution in [0.15, 0.2) is 36.4 Å². The lowest BCUT2D eigenvalue weighted by Gasteiger charge is -1.97. The molecule has 0 spiro atoms. The molecule has 0 aliphatic heterocycles. The van der Waals surface area contributed by atoms with Gasteiger partial charge in [-0.25, -0.2) is 4.98 Å². The quantitative estimate of drug-likeness (QED) is 0.541. The largest absolute Gasteiger partial charge is 0.497 e. The topological polar surface area (TPSA) is 65.3 Å². The Morgan fingerprint density at radius 1 is 1.29 bits per heavy atom. The van der Waals surface area contributed by atoms with Crippen LogP contribution in [0.1, 0.15) is 0 Å². The zero-order valence-corrected chi connectivity index (χ0v) is 11.7. The van der Waals surface area contributed by atoms with Crippen molar-refractivity contribution in [3.63, 3.8) is 0 Å². The molecular weight excluding hydrogens is 295 g/mol. The van der Waals surface area contributed by atoms with Gasteiger partial charge >= 0.3 is 5.69 Å². The van der Waals surface area contributed by atoms with Gasteiger partial charge in [-0.15, -0.1) is 11.3 Å². The highest BCUT2D eigenvalue weighted by molar-refractivity contribution is 7.21. The Morgan fingerprint density at radius 3 is 2.81 bits per heavy atom. The number of hydrogen-bond donors (Lipinski definition) is 0. The van der Waals surface area contributed by atoms with Crippen LogP contribution in [0, 0.1) is 15.9 Å². The third-order valence-electron chi connectivity index (χ3n) is 2.98. The molecule has 7 heteroatoms. The van der Waals surface area contributed by atoms with Gasteiger partial charge in [0.15, 0.2) is 0 Å². The number of nitro benzene ring substituents is 1. The Bertz CT molecular complexity index is 847. The van der Waals surface area contributed by atoms with E-state index in [1.807, 2.05) is 12.1 Å². The van der Waals surface area contributed by atoms with Gasteiger partial charge in [0.25, 0.3) is 0 Å². The first kappa shape index (κ1) is 13.4. The van der Waals surface area contributed by atoms with Crippen LogP contribution in [0.25, 0.3) is 20.8 Å². The van der Waals surface area contributed by atoms with E-state index in [9.17, 15) is 14.5 Å². The Balaban J connectivity index is 2.12. The Morgan fingerprint density at radius 2 is 2.10 bits per heavy atom. The summed E-state index contributed by atoms with van der Waals surface area (Å²) in [5.41, 5.74) is 0.703. The summed E-state index contributed by atoms with van der Waals surface area (Å²) < 4.78 is 19.4. The van der Waals surface area contributed by atoms with Crippen LogP contribution in [0.4, 0.5) is 10.1 Å². The highest BCUT2D eigenvalue weighted by Crippen LogP contribution is 2.34. The van der Waals surface area contributed by atoms with Crippen LogP contribution >= 0.6 is 11.3 Å². The number of hydrogen-bond acceptors (Lipinski definition) is 5. The lowest BCUT2D eigenvalue weighted by atomic mass is 10.2. The molecule has 0 N–H and O–H groups in total. The van der Waals surface area contributed by atoms with Crippen molar-refractivity contribution in [2.75, 3.05) is 7.11 Å². The van der Waals surface area contributed by atoms with Gasteiger partial charge in [-0.3, -0.25) is 10.1 Å². The standard InChI is InChI=1S/C14H9FN2O3S/c1-20-9-3-5-13-11(7-9)16-14(21-13)8-2-4-10(15)12(6-8)17(18)19/h2-7H,1H3. The molecule has 0 bridgehead atoms. The number of thiazole rings is 1. The van der Waals surface area contributed by atoms with Crippen LogP contribution < -0.4 is 4.74 Å². The van der Waals surface area contributed by atoms with E-state index in [1.54, 1.807) is 13.2 Å². The van der Waals surface area contributed by atoms with Gasteiger partial charge in [-0.2, -0.15) is 4.39 Å². The van der Waals surface area contributed by atoms with Crippen molar-refractivity contribution in [2.24, 2.45) is 0 Å². The van der Waals surface area contributed by atoms with E-state index in [4.69, 9.17) is 4.74 Å². The van der Waals surface area contributed by atoms with Crippen molar-refractivity contribution >= 4 is 27.2 Å². The second-order valence-electron chi connectivity index (χ2n) is 4.28. The van der Waals surface area contributed by atoms with Gasteiger partial charge in [0.1, 0.15) is 10.8 Å². The molecule has 3 aromatic rings. The summed E-state index contributed by atoms with van der Waals surface area (Å²) in [5.74, 6) is -0.170. The molecule has 1 heterocycles. The van der Waals surface area contributed by atoms with Crippen LogP contribution in [0.3, 0.4) is 0 Å². The van der Waals surface area contributed by atoms with Gasteiger partial charge in [0.2, 0.25) is 5.82 Å².